The number of carbonyl (C=O) groups is 1. The van der Waals surface area contributed by atoms with E-state index in [0.29, 0.717) is 5.56 Å². The monoisotopic (exact) mass is 270 g/mol. The van der Waals surface area contributed by atoms with Gasteiger partial charge in [0.2, 0.25) is 0 Å². The van der Waals surface area contributed by atoms with Gasteiger partial charge in [0.05, 0.1) is 0 Å². The summed E-state index contributed by atoms with van der Waals surface area (Å²) in [6.45, 7) is 0. The van der Waals surface area contributed by atoms with Gasteiger partial charge in [0.15, 0.2) is 0 Å². The van der Waals surface area contributed by atoms with E-state index in [1.165, 1.54) is 0 Å². The van der Waals surface area contributed by atoms with Gasteiger partial charge < -0.3 is 11.1 Å². The van der Waals surface area contributed by atoms with E-state index >= 15 is 0 Å². The topological polar surface area (TPSA) is 55.1 Å². The van der Waals surface area contributed by atoms with Gasteiger partial charge in [-0.1, -0.05) is 60.7 Å². The fourth-order valence-electron chi connectivity index (χ4n) is 1.77. The molecule has 0 aliphatic carbocycles. The number of benzene rings is 2. The largest absolute Gasteiger partial charge is 0.391 e. The summed E-state index contributed by atoms with van der Waals surface area (Å²) in [5, 5.41) is 2.84. The standard InChI is InChI=1S/C15H14N2OS/c16-14(19)13(11-7-3-1-4-8-11)17-15(18)12-9-5-2-6-10-12/h1-10,13H,(H2,16,19)(H,17,18). The van der Waals surface area contributed by atoms with Gasteiger partial charge in [-0.05, 0) is 17.7 Å². The third kappa shape index (κ3) is 3.39. The number of hydrogen-bond acceptors (Lipinski definition) is 2. The highest BCUT2D eigenvalue weighted by Crippen LogP contribution is 2.13. The van der Waals surface area contributed by atoms with Crippen LogP contribution in [-0.4, -0.2) is 10.9 Å². The van der Waals surface area contributed by atoms with Crippen LogP contribution in [0.2, 0.25) is 0 Å². The molecule has 19 heavy (non-hydrogen) atoms. The van der Waals surface area contributed by atoms with Crippen molar-refractivity contribution in [2.45, 2.75) is 6.04 Å². The van der Waals surface area contributed by atoms with Crippen LogP contribution in [0.3, 0.4) is 0 Å². The van der Waals surface area contributed by atoms with Crippen LogP contribution in [0.25, 0.3) is 0 Å². The smallest absolute Gasteiger partial charge is 0.252 e. The zero-order valence-corrected chi connectivity index (χ0v) is 11.1. The highest BCUT2D eigenvalue weighted by atomic mass is 32.1. The number of carbonyl (C=O) groups excluding carboxylic acids is 1. The van der Waals surface area contributed by atoms with Crippen molar-refractivity contribution in [3.8, 4) is 0 Å². The quantitative estimate of drug-likeness (QED) is 0.839. The molecule has 96 valence electrons. The molecule has 0 spiro atoms. The van der Waals surface area contributed by atoms with Gasteiger partial charge in [0.1, 0.15) is 11.0 Å². The second-order valence-electron chi connectivity index (χ2n) is 4.09. The van der Waals surface area contributed by atoms with Crippen LogP contribution < -0.4 is 11.1 Å². The predicted octanol–water partition coefficient (Wildman–Crippen LogP) is 2.44. The van der Waals surface area contributed by atoms with Gasteiger partial charge in [0.25, 0.3) is 5.91 Å². The molecule has 3 nitrogen and oxygen atoms in total. The lowest BCUT2D eigenvalue weighted by molar-refractivity contribution is 0.0947. The molecule has 0 saturated carbocycles. The van der Waals surface area contributed by atoms with Crippen molar-refractivity contribution in [3.63, 3.8) is 0 Å². The molecule has 0 aliphatic rings. The van der Waals surface area contributed by atoms with Crippen molar-refractivity contribution in [2.24, 2.45) is 5.73 Å². The summed E-state index contributed by atoms with van der Waals surface area (Å²) in [6.07, 6.45) is 0. The molecule has 1 unspecified atom stereocenters. The molecule has 0 saturated heterocycles. The number of hydrogen-bond donors (Lipinski definition) is 2. The Bertz CT molecular complexity index is 569. The van der Waals surface area contributed by atoms with Crippen LogP contribution >= 0.6 is 12.2 Å². The Hall–Kier alpha value is -2.20. The van der Waals surface area contributed by atoms with Gasteiger partial charge in [-0.2, -0.15) is 0 Å². The maximum absolute atomic E-state index is 12.1. The maximum Gasteiger partial charge on any atom is 0.252 e. The summed E-state index contributed by atoms with van der Waals surface area (Å²) in [7, 11) is 0. The summed E-state index contributed by atoms with van der Waals surface area (Å²) in [5.41, 5.74) is 7.17. The van der Waals surface area contributed by atoms with Crippen molar-refractivity contribution in [3.05, 3.63) is 71.8 Å². The van der Waals surface area contributed by atoms with Crippen LogP contribution in [0.15, 0.2) is 60.7 Å². The van der Waals surface area contributed by atoms with E-state index in [1.807, 2.05) is 48.5 Å². The number of nitrogens with one attached hydrogen (secondary N) is 1. The van der Waals surface area contributed by atoms with E-state index in [2.05, 4.69) is 5.32 Å². The van der Waals surface area contributed by atoms with Crippen molar-refractivity contribution >= 4 is 23.1 Å². The SMILES string of the molecule is NC(=S)C(NC(=O)c1ccccc1)c1ccccc1. The van der Waals surface area contributed by atoms with Crippen LogP contribution in [0.5, 0.6) is 0 Å². The molecule has 0 radical (unpaired) electrons. The number of nitrogens with two attached hydrogens (primary N) is 1. The molecule has 0 heterocycles. The number of rotatable bonds is 4. The first-order chi connectivity index (χ1) is 9.18. The Morgan fingerprint density at radius 1 is 1.00 bits per heavy atom. The summed E-state index contributed by atoms with van der Waals surface area (Å²) in [6, 6.07) is 18.0. The molecule has 0 fully saturated rings. The lowest BCUT2D eigenvalue weighted by Crippen LogP contribution is -2.36. The van der Waals surface area contributed by atoms with Crippen LogP contribution in [0.4, 0.5) is 0 Å². The van der Waals surface area contributed by atoms with Gasteiger partial charge in [-0.25, -0.2) is 0 Å². The van der Waals surface area contributed by atoms with Gasteiger partial charge in [0, 0.05) is 5.56 Å². The minimum Gasteiger partial charge on any atom is -0.391 e. The third-order valence-electron chi connectivity index (χ3n) is 2.73. The Morgan fingerprint density at radius 2 is 1.53 bits per heavy atom. The van der Waals surface area contributed by atoms with Crippen LogP contribution in [0.1, 0.15) is 22.0 Å². The molecule has 4 heteroatoms. The molecule has 1 atom stereocenters. The van der Waals surface area contributed by atoms with Gasteiger partial charge in [-0.15, -0.1) is 0 Å². The van der Waals surface area contributed by atoms with Crippen molar-refractivity contribution in [2.75, 3.05) is 0 Å². The summed E-state index contributed by atoms with van der Waals surface area (Å²) >= 11 is 5.03. The molecule has 2 aromatic carbocycles. The molecule has 0 aliphatic heterocycles. The summed E-state index contributed by atoms with van der Waals surface area (Å²) < 4.78 is 0. The first kappa shape index (κ1) is 13.2. The molecule has 0 aromatic heterocycles. The Morgan fingerprint density at radius 3 is 2.05 bits per heavy atom. The lowest BCUT2D eigenvalue weighted by atomic mass is 10.1. The van der Waals surface area contributed by atoms with E-state index in [-0.39, 0.29) is 10.9 Å². The fraction of sp³-hybridized carbons (Fsp3) is 0.0667. The Kier molecular flexibility index (Phi) is 4.26. The average molecular weight is 270 g/mol. The minimum absolute atomic E-state index is 0.192. The van der Waals surface area contributed by atoms with E-state index in [9.17, 15) is 4.79 Å². The molecular weight excluding hydrogens is 256 g/mol. The Labute approximate surface area is 117 Å². The summed E-state index contributed by atoms with van der Waals surface area (Å²) in [4.78, 5) is 12.4. The van der Waals surface area contributed by atoms with Crippen LogP contribution in [-0.2, 0) is 0 Å². The van der Waals surface area contributed by atoms with E-state index in [0.717, 1.165) is 5.56 Å². The van der Waals surface area contributed by atoms with E-state index < -0.39 is 6.04 Å². The third-order valence-corrected chi connectivity index (χ3v) is 2.96. The average Bonchev–Trinajstić information content (AvgIpc) is 2.46. The number of amides is 1. The first-order valence-electron chi connectivity index (χ1n) is 5.88. The summed E-state index contributed by atoms with van der Waals surface area (Å²) in [5.74, 6) is -0.192. The molecule has 1 amide bonds. The number of thiocarbonyl (C=S) groups is 1. The minimum atomic E-state index is -0.455. The van der Waals surface area contributed by atoms with Crippen molar-refractivity contribution in [1.29, 1.82) is 0 Å². The van der Waals surface area contributed by atoms with E-state index in [4.69, 9.17) is 18.0 Å². The zero-order chi connectivity index (χ0) is 13.7. The molecule has 2 aromatic rings. The second kappa shape index (κ2) is 6.11. The Balaban J connectivity index is 2.19. The maximum atomic E-state index is 12.1. The van der Waals surface area contributed by atoms with Crippen molar-refractivity contribution in [1.82, 2.24) is 5.32 Å². The molecule has 0 bridgehead atoms. The highest BCUT2D eigenvalue weighted by molar-refractivity contribution is 7.80. The zero-order valence-electron chi connectivity index (χ0n) is 10.2. The van der Waals surface area contributed by atoms with Crippen molar-refractivity contribution < 1.29 is 4.79 Å². The lowest BCUT2D eigenvalue weighted by Gasteiger charge is -2.17. The highest BCUT2D eigenvalue weighted by Gasteiger charge is 2.17. The molecule has 3 N–H and O–H groups in total. The van der Waals surface area contributed by atoms with Gasteiger partial charge >= 0.3 is 0 Å². The predicted molar refractivity (Wildman–Crippen MR) is 79.9 cm³/mol. The van der Waals surface area contributed by atoms with Gasteiger partial charge in [-0.3, -0.25) is 4.79 Å². The normalized spacial score (nSPS) is 11.6. The van der Waals surface area contributed by atoms with Crippen LogP contribution in [0, 0.1) is 0 Å². The fourth-order valence-corrected chi connectivity index (χ4v) is 1.96. The second-order valence-corrected chi connectivity index (χ2v) is 4.56. The molecular formula is C15H14N2OS. The van der Waals surface area contributed by atoms with E-state index in [1.54, 1.807) is 12.1 Å². The first-order valence-corrected chi connectivity index (χ1v) is 6.29. The molecule has 2 rings (SSSR count).